The molecule has 1 unspecified atom stereocenters. The van der Waals surface area contributed by atoms with Gasteiger partial charge in [-0.3, -0.25) is 0 Å². The summed E-state index contributed by atoms with van der Waals surface area (Å²) in [5, 5.41) is 3.23. The molecule has 6 heteroatoms. The molecular weight excluding hydrogens is 286 g/mol. The van der Waals surface area contributed by atoms with Crippen molar-refractivity contribution >= 4 is 10.0 Å². The maximum absolute atomic E-state index is 12.4. The maximum Gasteiger partial charge on any atom is 0.242 e. The molecule has 0 aliphatic carbocycles. The molecular formula is C15H29N3O2S. The third-order valence-corrected chi connectivity index (χ3v) is 5.29. The van der Waals surface area contributed by atoms with Crippen molar-refractivity contribution in [3.8, 4) is 0 Å². The minimum atomic E-state index is -3.42. The molecule has 0 aliphatic rings. The van der Waals surface area contributed by atoms with Crippen molar-refractivity contribution in [2.24, 2.45) is 11.8 Å². The van der Waals surface area contributed by atoms with Gasteiger partial charge in [0.25, 0.3) is 0 Å². The van der Waals surface area contributed by atoms with E-state index in [1.807, 2.05) is 18.4 Å². The lowest BCUT2D eigenvalue weighted by Crippen LogP contribution is -2.30. The van der Waals surface area contributed by atoms with Crippen molar-refractivity contribution in [3.63, 3.8) is 0 Å². The van der Waals surface area contributed by atoms with Gasteiger partial charge in [-0.2, -0.15) is 0 Å². The summed E-state index contributed by atoms with van der Waals surface area (Å²) >= 11 is 0. The molecule has 1 aromatic rings. The van der Waals surface area contributed by atoms with E-state index in [9.17, 15) is 8.42 Å². The van der Waals surface area contributed by atoms with Crippen molar-refractivity contribution in [2.75, 3.05) is 13.1 Å². The van der Waals surface area contributed by atoms with Crippen LogP contribution in [0.25, 0.3) is 0 Å². The molecule has 0 fully saturated rings. The lowest BCUT2D eigenvalue weighted by molar-refractivity contribution is 0.414. The zero-order valence-electron chi connectivity index (χ0n) is 13.8. The number of nitrogens with zero attached hydrogens (tertiary/aromatic N) is 1. The van der Waals surface area contributed by atoms with Gasteiger partial charge in [0.2, 0.25) is 10.0 Å². The second-order valence-corrected chi connectivity index (χ2v) is 7.57. The van der Waals surface area contributed by atoms with E-state index in [1.54, 1.807) is 12.3 Å². The quantitative estimate of drug-likeness (QED) is 0.734. The molecule has 0 bridgehead atoms. The van der Waals surface area contributed by atoms with Gasteiger partial charge in [-0.15, -0.1) is 0 Å². The molecule has 2 N–H and O–H groups in total. The number of sulfonamides is 1. The number of rotatable bonds is 9. The SMILES string of the molecule is CCNCc1cc(S(=O)(=O)NCC(C)C(C)C)cn1CC. The third kappa shape index (κ3) is 5.13. The number of nitrogens with one attached hydrogen (secondary N) is 2. The van der Waals surface area contributed by atoms with Gasteiger partial charge < -0.3 is 9.88 Å². The molecule has 1 heterocycles. The summed E-state index contributed by atoms with van der Waals surface area (Å²) in [7, 11) is -3.42. The van der Waals surface area contributed by atoms with E-state index >= 15 is 0 Å². The minimum Gasteiger partial charge on any atom is -0.349 e. The largest absolute Gasteiger partial charge is 0.349 e. The average Bonchev–Trinajstić information content (AvgIpc) is 2.86. The zero-order valence-corrected chi connectivity index (χ0v) is 14.6. The predicted molar refractivity (Wildman–Crippen MR) is 86.7 cm³/mol. The average molecular weight is 315 g/mol. The Morgan fingerprint density at radius 3 is 2.43 bits per heavy atom. The van der Waals surface area contributed by atoms with Gasteiger partial charge in [-0.25, -0.2) is 13.1 Å². The summed E-state index contributed by atoms with van der Waals surface area (Å²) in [6.07, 6.45) is 1.72. The first-order chi connectivity index (χ1) is 9.81. The van der Waals surface area contributed by atoms with Crippen molar-refractivity contribution in [1.82, 2.24) is 14.6 Å². The zero-order chi connectivity index (χ0) is 16.0. The Hall–Kier alpha value is -0.850. The van der Waals surface area contributed by atoms with Crippen molar-refractivity contribution < 1.29 is 8.42 Å². The van der Waals surface area contributed by atoms with Gasteiger partial charge in [0.05, 0.1) is 4.90 Å². The van der Waals surface area contributed by atoms with Crippen LogP contribution in [0.5, 0.6) is 0 Å². The van der Waals surface area contributed by atoms with E-state index in [-0.39, 0.29) is 0 Å². The lowest BCUT2D eigenvalue weighted by atomic mass is 9.99. The van der Waals surface area contributed by atoms with Crippen molar-refractivity contribution in [2.45, 2.75) is 52.6 Å². The summed E-state index contributed by atoms with van der Waals surface area (Å²) in [5.74, 6) is 0.770. The second-order valence-electron chi connectivity index (χ2n) is 5.81. The maximum atomic E-state index is 12.4. The van der Waals surface area contributed by atoms with Crippen LogP contribution in [0.15, 0.2) is 17.2 Å². The molecule has 0 amide bonds. The molecule has 1 aromatic heterocycles. The predicted octanol–water partition coefficient (Wildman–Crippen LogP) is 2.19. The van der Waals surface area contributed by atoms with E-state index in [0.29, 0.717) is 29.8 Å². The number of aryl methyl sites for hydroxylation is 1. The molecule has 5 nitrogen and oxygen atoms in total. The van der Waals surface area contributed by atoms with Gasteiger partial charge in [0.1, 0.15) is 0 Å². The van der Waals surface area contributed by atoms with E-state index in [0.717, 1.165) is 18.8 Å². The minimum absolute atomic E-state index is 0.314. The van der Waals surface area contributed by atoms with E-state index in [1.165, 1.54) is 0 Å². The lowest BCUT2D eigenvalue weighted by Gasteiger charge is -2.15. The Kier molecular flexibility index (Phi) is 6.90. The van der Waals surface area contributed by atoms with Crippen LogP contribution in [-0.4, -0.2) is 26.1 Å². The molecule has 0 radical (unpaired) electrons. The van der Waals surface area contributed by atoms with Crippen LogP contribution in [0.2, 0.25) is 0 Å². The monoisotopic (exact) mass is 315 g/mol. The Balaban J connectivity index is 2.85. The van der Waals surface area contributed by atoms with Crippen LogP contribution >= 0.6 is 0 Å². The van der Waals surface area contributed by atoms with E-state index in [4.69, 9.17) is 0 Å². The summed E-state index contributed by atoms with van der Waals surface area (Å²) < 4.78 is 29.4. The van der Waals surface area contributed by atoms with Crippen LogP contribution in [0, 0.1) is 11.8 Å². The Morgan fingerprint density at radius 1 is 1.24 bits per heavy atom. The fourth-order valence-electron chi connectivity index (χ4n) is 1.93. The van der Waals surface area contributed by atoms with Crippen molar-refractivity contribution in [3.05, 3.63) is 18.0 Å². The van der Waals surface area contributed by atoms with E-state index < -0.39 is 10.0 Å². The summed E-state index contributed by atoms with van der Waals surface area (Å²) in [4.78, 5) is 0.355. The number of hydrogen-bond acceptors (Lipinski definition) is 3. The fourth-order valence-corrected chi connectivity index (χ4v) is 3.13. The summed E-state index contributed by atoms with van der Waals surface area (Å²) in [5.41, 5.74) is 0.997. The molecule has 1 rings (SSSR count). The van der Waals surface area contributed by atoms with Crippen LogP contribution in [-0.2, 0) is 23.1 Å². The fraction of sp³-hybridized carbons (Fsp3) is 0.733. The highest BCUT2D eigenvalue weighted by atomic mass is 32.2. The smallest absolute Gasteiger partial charge is 0.242 e. The molecule has 1 atom stereocenters. The van der Waals surface area contributed by atoms with Crippen LogP contribution in [0.1, 0.15) is 40.3 Å². The highest BCUT2D eigenvalue weighted by molar-refractivity contribution is 7.89. The summed E-state index contributed by atoms with van der Waals surface area (Å²) in [6, 6.07) is 1.76. The van der Waals surface area contributed by atoms with E-state index in [2.05, 4.69) is 30.8 Å². The molecule has 0 saturated heterocycles. The third-order valence-electron chi connectivity index (χ3n) is 3.90. The molecule has 0 aliphatic heterocycles. The van der Waals surface area contributed by atoms with Gasteiger partial charge in [-0.1, -0.05) is 27.7 Å². The molecule has 0 spiro atoms. The number of aromatic nitrogens is 1. The van der Waals surface area contributed by atoms with Crippen LogP contribution < -0.4 is 10.0 Å². The Bertz CT molecular complexity index is 535. The normalized spacial score (nSPS) is 13.8. The van der Waals surface area contributed by atoms with Crippen LogP contribution in [0.3, 0.4) is 0 Å². The highest BCUT2D eigenvalue weighted by Gasteiger charge is 2.19. The first kappa shape index (κ1) is 18.2. The standard InChI is InChI=1S/C15H29N3O2S/c1-6-16-10-14-8-15(11-18(14)7-2)21(19,20)17-9-13(5)12(3)4/h8,11-13,16-17H,6-7,9-10H2,1-5H3. The van der Waals surface area contributed by atoms with Crippen molar-refractivity contribution in [1.29, 1.82) is 0 Å². The first-order valence-corrected chi connectivity index (χ1v) is 9.19. The Morgan fingerprint density at radius 2 is 1.90 bits per heavy atom. The molecule has 122 valence electrons. The Labute approximate surface area is 129 Å². The topological polar surface area (TPSA) is 63.1 Å². The van der Waals surface area contributed by atoms with Gasteiger partial charge in [-0.05, 0) is 31.4 Å². The highest BCUT2D eigenvalue weighted by Crippen LogP contribution is 2.16. The van der Waals surface area contributed by atoms with Gasteiger partial charge in [0, 0.05) is 31.5 Å². The number of hydrogen-bond donors (Lipinski definition) is 2. The molecule has 0 saturated carbocycles. The van der Waals surface area contributed by atoms with Gasteiger partial charge in [0.15, 0.2) is 0 Å². The first-order valence-electron chi connectivity index (χ1n) is 7.71. The molecule has 21 heavy (non-hydrogen) atoms. The second kappa shape index (κ2) is 7.96. The summed E-state index contributed by atoms with van der Waals surface area (Å²) in [6.45, 7) is 13.1. The molecule has 0 aromatic carbocycles. The van der Waals surface area contributed by atoms with Crippen LogP contribution in [0.4, 0.5) is 0 Å². The van der Waals surface area contributed by atoms with Gasteiger partial charge >= 0.3 is 0 Å².